The van der Waals surface area contributed by atoms with E-state index < -0.39 is 5.97 Å². The molecular weight excluding hydrogens is 462 g/mol. The van der Waals surface area contributed by atoms with Crippen molar-refractivity contribution in [2.75, 3.05) is 13.2 Å². The molecule has 2 aromatic carbocycles. The van der Waals surface area contributed by atoms with Crippen molar-refractivity contribution >= 4 is 5.97 Å². The first-order valence-corrected chi connectivity index (χ1v) is 13.5. The molecular formula is C32H41NO4. The number of aromatic carboxylic acids is 1. The molecule has 1 aliphatic rings. The van der Waals surface area contributed by atoms with Crippen LogP contribution in [-0.4, -0.2) is 30.3 Å². The molecule has 5 nitrogen and oxygen atoms in total. The molecule has 0 fully saturated rings. The first-order chi connectivity index (χ1) is 17.5. The van der Waals surface area contributed by atoms with Gasteiger partial charge in [0.1, 0.15) is 5.75 Å². The summed E-state index contributed by atoms with van der Waals surface area (Å²) in [5.74, 6) is -0.134. The zero-order valence-electron chi connectivity index (χ0n) is 23.1. The molecule has 1 aliphatic carbocycles. The lowest BCUT2D eigenvalue weighted by atomic mass is 9.62. The summed E-state index contributed by atoms with van der Waals surface area (Å²) in [5, 5.41) is 12.7. The van der Waals surface area contributed by atoms with E-state index in [1.807, 2.05) is 12.1 Å². The molecule has 5 heteroatoms. The molecule has 0 radical (unpaired) electrons. The Morgan fingerprint density at radius 3 is 2.35 bits per heavy atom. The number of furan rings is 1. The number of carbonyl (C=O) groups is 1. The minimum absolute atomic E-state index is 0.0454. The van der Waals surface area contributed by atoms with Crippen LogP contribution in [0.5, 0.6) is 5.75 Å². The van der Waals surface area contributed by atoms with E-state index >= 15 is 0 Å². The number of nitrogens with one attached hydrogen (secondary N) is 1. The molecule has 1 aromatic heterocycles. The Morgan fingerprint density at radius 2 is 1.68 bits per heavy atom. The minimum Gasteiger partial charge on any atom is -0.493 e. The second-order valence-corrected chi connectivity index (χ2v) is 11.9. The van der Waals surface area contributed by atoms with E-state index in [0.29, 0.717) is 12.6 Å². The second kappa shape index (κ2) is 10.7. The monoisotopic (exact) mass is 503 g/mol. The van der Waals surface area contributed by atoms with Gasteiger partial charge in [-0.2, -0.15) is 0 Å². The number of hydrogen-bond donors (Lipinski definition) is 2. The van der Waals surface area contributed by atoms with Crippen LogP contribution in [0.1, 0.15) is 88.9 Å². The average Bonchev–Trinajstić information content (AvgIpc) is 3.35. The van der Waals surface area contributed by atoms with Crippen molar-refractivity contribution in [3.05, 3.63) is 65.6 Å². The molecule has 0 bridgehead atoms. The summed E-state index contributed by atoms with van der Waals surface area (Å²) in [4.78, 5) is 11.3. The first-order valence-electron chi connectivity index (χ1n) is 13.5. The van der Waals surface area contributed by atoms with Crippen LogP contribution in [0, 0.1) is 0 Å². The number of fused-ring (bicyclic) bond motifs is 1. The highest BCUT2D eigenvalue weighted by atomic mass is 16.5. The van der Waals surface area contributed by atoms with E-state index in [1.54, 1.807) is 6.07 Å². The molecule has 4 rings (SSSR count). The summed E-state index contributed by atoms with van der Waals surface area (Å²) in [6.07, 6.45) is 5.85. The molecule has 37 heavy (non-hydrogen) atoms. The Hall–Kier alpha value is -3.05. The third-order valence-electron chi connectivity index (χ3n) is 7.60. The highest BCUT2D eigenvalue weighted by Gasteiger charge is 2.39. The normalized spacial score (nSPS) is 16.0. The quantitative estimate of drug-likeness (QED) is 0.276. The van der Waals surface area contributed by atoms with Crippen LogP contribution in [-0.2, 0) is 10.8 Å². The van der Waals surface area contributed by atoms with Crippen LogP contribution in [0.3, 0.4) is 0 Å². The van der Waals surface area contributed by atoms with E-state index in [0.717, 1.165) is 60.2 Å². The molecule has 0 atom stereocenters. The molecule has 0 saturated carbocycles. The summed E-state index contributed by atoms with van der Waals surface area (Å²) in [6, 6.07) is 14.8. The summed E-state index contributed by atoms with van der Waals surface area (Å²) in [6.45, 7) is 15.4. The maximum absolute atomic E-state index is 11.3. The largest absolute Gasteiger partial charge is 0.493 e. The molecule has 0 aliphatic heterocycles. The van der Waals surface area contributed by atoms with E-state index in [1.165, 1.54) is 17.4 Å². The average molecular weight is 504 g/mol. The Morgan fingerprint density at radius 1 is 0.973 bits per heavy atom. The third-order valence-corrected chi connectivity index (χ3v) is 7.60. The summed E-state index contributed by atoms with van der Waals surface area (Å²) >= 11 is 0. The number of rotatable bonds is 10. The molecule has 198 valence electrons. The fraction of sp³-hybridized carbons (Fsp3) is 0.469. The van der Waals surface area contributed by atoms with Crippen molar-refractivity contribution in [1.82, 2.24) is 5.32 Å². The van der Waals surface area contributed by atoms with Crippen LogP contribution in [0.4, 0.5) is 0 Å². The Bertz CT molecular complexity index is 1250. The highest BCUT2D eigenvalue weighted by molar-refractivity contribution is 5.86. The summed E-state index contributed by atoms with van der Waals surface area (Å²) in [7, 11) is 0. The number of ether oxygens (including phenoxy) is 1. The number of carboxylic acids is 1. The van der Waals surface area contributed by atoms with Gasteiger partial charge in [-0.1, -0.05) is 65.8 Å². The molecule has 1 heterocycles. The fourth-order valence-corrected chi connectivity index (χ4v) is 5.29. The molecule has 0 spiro atoms. The van der Waals surface area contributed by atoms with Gasteiger partial charge in [-0.15, -0.1) is 0 Å². The zero-order valence-corrected chi connectivity index (χ0v) is 23.1. The van der Waals surface area contributed by atoms with Crippen molar-refractivity contribution in [2.45, 2.75) is 84.1 Å². The highest BCUT2D eigenvalue weighted by Crippen LogP contribution is 2.51. The van der Waals surface area contributed by atoms with Gasteiger partial charge in [-0.05, 0) is 83.5 Å². The van der Waals surface area contributed by atoms with Gasteiger partial charge in [-0.3, -0.25) is 0 Å². The Balaban J connectivity index is 1.69. The maximum Gasteiger partial charge on any atom is 0.371 e. The summed E-state index contributed by atoms with van der Waals surface area (Å²) in [5.41, 5.74) is 6.66. The van der Waals surface area contributed by atoms with Gasteiger partial charge in [0.05, 0.1) is 12.9 Å². The number of unbranched alkanes of at least 4 members (excludes halogenated alkanes) is 1. The van der Waals surface area contributed by atoms with E-state index in [2.05, 4.69) is 71.1 Å². The smallest absolute Gasteiger partial charge is 0.371 e. The lowest BCUT2D eigenvalue weighted by Gasteiger charge is -2.43. The van der Waals surface area contributed by atoms with Crippen LogP contribution in [0.15, 0.2) is 53.1 Å². The van der Waals surface area contributed by atoms with E-state index in [-0.39, 0.29) is 16.6 Å². The van der Waals surface area contributed by atoms with Gasteiger partial charge in [-0.25, -0.2) is 4.79 Å². The first kappa shape index (κ1) is 27.0. The van der Waals surface area contributed by atoms with Crippen LogP contribution in [0.25, 0.3) is 22.3 Å². The Kier molecular flexibility index (Phi) is 7.84. The Labute approximate surface area is 221 Å². The van der Waals surface area contributed by atoms with Crippen molar-refractivity contribution in [1.29, 1.82) is 0 Å². The summed E-state index contributed by atoms with van der Waals surface area (Å²) < 4.78 is 11.8. The van der Waals surface area contributed by atoms with Gasteiger partial charge in [0.15, 0.2) is 0 Å². The second-order valence-electron chi connectivity index (χ2n) is 11.9. The molecule has 0 amide bonds. The van der Waals surface area contributed by atoms with Gasteiger partial charge < -0.3 is 19.6 Å². The minimum atomic E-state index is -1.07. The fourth-order valence-electron chi connectivity index (χ4n) is 5.29. The topological polar surface area (TPSA) is 71.7 Å². The van der Waals surface area contributed by atoms with Crippen molar-refractivity contribution in [3.8, 4) is 28.0 Å². The number of benzene rings is 2. The van der Waals surface area contributed by atoms with Crippen molar-refractivity contribution < 1.29 is 19.1 Å². The van der Waals surface area contributed by atoms with Gasteiger partial charge in [0.2, 0.25) is 5.76 Å². The lowest BCUT2D eigenvalue weighted by molar-refractivity contribution is 0.0662. The lowest BCUT2D eigenvalue weighted by Crippen LogP contribution is -2.34. The van der Waals surface area contributed by atoms with Gasteiger partial charge in [0.25, 0.3) is 0 Å². The van der Waals surface area contributed by atoms with Gasteiger partial charge >= 0.3 is 5.97 Å². The predicted octanol–water partition coefficient (Wildman–Crippen LogP) is 7.82. The van der Waals surface area contributed by atoms with Crippen molar-refractivity contribution in [2.24, 2.45) is 0 Å². The van der Waals surface area contributed by atoms with Crippen molar-refractivity contribution in [3.63, 3.8) is 0 Å². The van der Waals surface area contributed by atoms with Crippen LogP contribution in [0.2, 0.25) is 0 Å². The molecule has 0 unspecified atom stereocenters. The zero-order chi connectivity index (χ0) is 26.8. The molecule has 0 saturated heterocycles. The third kappa shape index (κ3) is 6.10. The van der Waals surface area contributed by atoms with Crippen LogP contribution >= 0.6 is 0 Å². The number of carboxylic acid groups (broad SMARTS) is 1. The number of hydrogen-bond acceptors (Lipinski definition) is 4. The predicted molar refractivity (Wildman–Crippen MR) is 150 cm³/mol. The van der Waals surface area contributed by atoms with E-state index in [4.69, 9.17) is 9.15 Å². The van der Waals surface area contributed by atoms with Crippen LogP contribution < -0.4 is 10.1 Å². The maximum atomic E-state index is 11.3. The molecule has 2 N–H and O–H groups in total. The molecule has 3 aromatic rings. The van der Waals surface area contributed by atoms with Gasteiger partial charge in [0, 0.05) is 17.2 Å². The van der Waals surface area contributed by atoms with E-state index in [9.17, 15) is 9.90 Å². The standard InChI is InChI=1S/C32H41NO4/c1-21(2)33-14-7-8-15-36-27-18-24(17-26-29(27)32(5,6)13-12-31(26,3)4)22-10-9-11-23(16-22)25-19-28(30(34)35)37-20-25/h9-11,16-21,33H,7-8,12-15H2,1-6H3,(H,34,35). The SMILES string of the molecule is CC(C)NCCCCOc1cc(-c2cccc(-c3coc(C(=O)O)c3)c2)cc2c1C(C)(C)CCC2(C)C.